The van der Waals surface area contributed by atoms with Crippen LogP contribution in [-0.4, -0.2) is 0 Å². The lowest BCUT2D eigenvalue weighted by molar-refractivity contribution is 0.445. The fourth-order valence-electron chi connectivity index (χ4n) is 3.18. The molecule has 1 aromatic carbocycles. The Kier molecular flexibility index (Phi) is 11.2. The number of hydrogen-bond acceptors (Lipinski definition) is 0. The average molecular weight is 302 g/mol. The van der Waals surface area contributed by atoms with Gasteiger partial charge in [0.25, 0.3) is 0 Å². The number of unbranched alkanes of at least 4 members (excludes halogenated alkanes) is 9. The Morgan fingerprint density at radius 2 is 1.27 bits per heavy atom. The Labute approximate surface area is 139 Å². The predicted octanol–water partition coefficient (Wildman–Crippen LogP) is 7.55. The first-order valence-electron chi connectivity index (χ1n) is 9.63. The Morgan fingerprint density at radius 1 is 0.773 bits per heavy atom. The van der Waals surface area contributed by atoms with Gasteiger partial charge in [0.1, 0.15) is 0 Å². The predicted molar refractivity (Wildman–Crippen MR) is 100 cm³/mol. The molecule has 0 aliphatic rings. The van der Waals surface area contributed by atoms with Crippen LogP contribution in [0.25, 0.3) is 0 Å². The molecule has 0 aliphatic heterocycles. The standard InChI is InChI=1S/C22H37/c1-4-5-6-7-8-9-10-11-12-14-17-20(2)21(3)22-18-15-13-16-19-22/h13,15-16,18-21H,3-12,14,17H2,1-2H3. The van der Waals surface area contributed by atoms with Crippen LogP contribution < -0.4 is 0 Å². The van der Waals surface area contributed by atoms with Crippen LogP contribution in [0.4, 0.5) is 0 Å². The van der Waals surface area contributed by atoms with Gasteiger partial charge in [0.2, 0.25) is 0 Å². The topological polar surface area (TPSA) is 0 Å². The zero-order chi connectivity index (χ0) is 16.0. The Morgan fingerprint density at radius 3 is 1.82 bits per heavy atom. The maximum Gasteiger partial charge on any atom is -0.0136 e. The lowest BCUT2D eigenvalue weighted by atomic mass is 9.85. The van der Waals surface area contributed by atoms with Gasteiger partial charge in [-0.2, -0.15) is 0 Å². The Bertz CT molecular complexity index is 340. The van der Waals surface area contributed by atoms with E-state index in [2.05, 4.69) is 51.1 Å². The molecule has 0 aliphatic carbocycles. The number of rotatable bonds is 13. The second kappa shape index (κ2) is 12.7. The minimum atomic E-state index is 0.444. The van der Waals surface area contributed by atoms with Gasteiger partial charge in [-0.25, -0.2) is 0 Å². The number of benzene rings is 1. The Hall–Kier alpha value is -0.780. The lowest BCUT2D eigenvalue weighted by Crippen LogP contribution is -2.06. The highest BCUT2D eigenvalue weighted by Crippen LogP contribution is 2.27. The second-order valence-electron chi connectivity index (χ2n) is 6.97. The highest BCUT2D eigenvalue weighted by atomic mass is 14.2. The second-order valence-corrected chi connectivity index (χ2v) is 6.97. The molecule has 0 heterocycles. The van der Waals surface area contributed by atoms with Crippen molar-refractivity contribution in [3.8, 4) is 0 Å². The van der Waals surface area contributed by atoms with E-state index < -0.39 is 0 Å². The van der Waals surface area contributed by atoms with Gasteiger partial charge in [0.05, 0.1) is 0 Å². The molecular weight excluding hydrogens is 264 g/mol. The third-order valence-corrected chi connectivity index (χ3v) is 4.93. The zero-order valence-electron chi connectivity index (χ0n) is 15.0. The van der Waals surface area contributed by atoms with Crippen LogP contribution >= 0.6 is 0 Å². The molecule has 0 fully saturated rings. The maximum absolute atomic E-state index is 4.37. The van der Waals surface area contributed by atoms with E-state index >= 15 is 0 Å². The van der Waals surface area contributed by atoms with Gasteiger partial charge in [-0.15, -0.1) is 0 Å². The Balaban J connectivity index is 1.98. The van der Waals surface area contributed by atoms with Crippen molar-refractivity contribution in [1.82, 2.24) is 0 Å². The molecular formula is C22H37. The quantitative estimate of drug-likeness (QED) is 0.330. The number of hydrogen-bond donors (Lipinski definition) is 0. The summed E-state index contributed by atoms with van der Waals surface area (Å²) >= 11 is 0. The van der Waals surface area contributed by atoms with Crippen molar-refractivity contribution in [1.29, 1.82) is 0 Å². The van der Waals surface area contributed by atoms with E-state index in [1.165, 1.54) is 76.2 Å². The molecule has 0 saturated heterocycles. The third-order valence-electron chi connectivity index (χ3n) is 4.93. The largest absolute Gasteiger partial charge is 0.0654 e. The summed E-state index contributed by atoms with van der Waals surface area (Å²) in [5.74, 6) is 1.14. The van der Waals surface area contributed by atoms with Gasteiger partial charge in [0.15, 0.2) is 0 Å². The normalized spacial score (nSPS) is 14.0. The molecule has 0 heteroatoms. The molecule has 0 bridgehead atoms. The van der Waals surface area contributed by atoms with E-state index in [4.69, 9.17) is 0 Å². The maximum atomic E-state index is 4.37. The van der Waals surface area contributed by atoms with Crippen LogP contribution in [0.15, 0.2) is 30.3 Å². The summed E-state index contributed by atoms with van der Waals surface area (Å²) in [4.78, 5) is 0. The smallest absolute Gasteiger partial charge is 0.0136 e. The van der Waals surface area contributed by atoms with E-state index in [-0.39, 0.29) is 0 Å². The SMILES string of the molecule is [CH2]C(c1ccccc1)C(C)CCCCCCCCCCCC. The summed E-state index contributed by atoms with van der Waals surface area (Å²) in [6.45, 7) is 9.02. The van der Waals surface area contributed by atoms with Crippen LogP contribution in [0.5, 0.6) is 0 Å². The fraction of sp³-hybridized carbons (Fsp3) is 0.682. The highest BCUT2D eigenvalue weighted by molar-refractivity contribution is 5.20. The van der Waals surface area contributed by atoms with Crippen molar-refractivity contribution < 1.29 is 0 Å². The molecule has 0 amide bonds. The minimum absolute atomic E-state index is 0.444. The van der Waals surface area contributed by atoms with Crippen molar-refractivity contribution in [3.63, 3.8) is 0 Å². The lowest BCUT2D eigenvalue weighted by Gasteiger charge is -2.20. The zero-order valence-corrected chi connectivity index (χ0v) is 15.0. The van der Waals surface area contributed by atoms with Crippen molar-refractivity contribution in [2.45, 2.75) is 90.4 Å². The van der Waals surface area contributed by atoms with E-state index in [0.29, 0.717) is 11.8 Å². The summed E-state index contributed by atoms with van der Waals surface area (Å²) in [6, 6.07) is 10.8. The van der Waals surface area contributed by atoms with Crippen LogP contribution in [0.3, 0.4) is 0 Å². The van der Waals surface area contributed by atoms with Gasteiger partial charge in [0, 0.05) is 0 Å². The van der Waals surface area contributed by atoms with Crippen LogP contribution in [-0.2, 0) is 0 Å². The third kappa shape index (κ3) is 8.61. The van der Waals surface area contributed by atoms with Gasteiger partial charge >= 0.3 is 0 Å². The van der Waals surface area contributed by atoms with E-state index in [9.17, 15) is 0 Å². The molecule has 0 saturated carbocycles. The molecule has 1 radical (unpaired) electrons. The molecule has 0 aromatic heterocycles. The molecule has 2 atom stereocenters. The van der Waals surface area contributed by atoms with E-state index in [0.717, 1.165) is 0 Å². The summed E-state index contributed by atoms with van der Waals surface area (Å²) in [5, 5.41) is 0. The molecule has 0 spiro atoms. The molecule has 2 unspecified atom stereocenters. The molecule has 0 nitrogen and oxygen atoms in total. The average Bonchev–Trinajstić information content (AvgIpc) is 2.56. The van der Waals surface area contributed by atoms with Crippen LogP contribution in [0.2, 0.25) is 0 Å². The first kappa shape index (κ1) is 19.3. The van der Waals surface area contributed by atoms with E-state index in [1.807, 2.05) is 0 Å². The van der Waals surface area contributed by atoms with Gasteiger partial charge in [-0.1, -0.05) is 115 Å². The molecule has 22 heavy (non-hydrogen) atoms. The monoisotopic (exact) mass is 301 g/mol. The first-order valence-corrected chi connectivity index (χ1v) is 9.63. The van der Waals surface area contributed by atoms with Crippen molar-refractivity contribution in [2.24, 2.45) is 5.92 Å². The van der Waals surface area contributed by atoms with E-state index in [1.54, 1.807) is 0 Å². The molecule has 1 rings (SSSR count). The van der Waals surface area contributed by atoms with Crippen LogP contribution in [0, 0.1) is 12.8 Å². The first-order chi connectivity index (χ1) is 10.8. The summed E-state index contributed by atoms with van der Waals surface area (Å²) in [7, 11) is 0. The van der Waals surface area contributed by atoms with Crippen molar-refractivity contribution in [2.75, 3.05) is 0 Å². The van der Waals surface area contributed by atoms with Crippen LogP contribution in [0.1, 0.15) is 96.0 Å². The summed E-state index contributed by atoms with van der Waals surface area (Å²) in [5.41, 5.74) is 1.39. The fourth-order valence-corrected chi connectivity index (χ4v) is 3.18. The molecule has 1 aromatic rings. The minimum Gasteiger partial charge on any atom is -0.0654 e. The van der Waals surface area contributed by atoms with Crippen molar-refractivity contribution >= 4 is 0 Å². The van der Waals surface area contributed by atoms with Gasteiger partial charge < -0.3 is 0 Å². The summed E-state index contributed by atoms with van der Waals surface area (Å²) in [6.07, 6.45) is 15.5. The summed E-state index contributed by atoms with van der Waals surface area (Å²) < 4.78 is 0. The van der Waals surface area contributed by atoms with Crippen molar-refractivity contribution in [3.05, 3.63) is 42.8 Å². The van der Waals surface area contributed by atoms with Gasteiger partial charge in [-0.05, 0) is 24.3 Å². The molecule has 0 N–H and O–H groups in total. The van der Waals surface area contributed by atoms with Gasteiger partial charge in [-0.3, -0.25) is 0 Å². The molecule has 125 valence electrons. The highest BCUT2D eigenvalue weighted by Gasteiger charge is 2.13.